The second kappa shape index (κ2) is 7.70. The molecule has 0 spiro atoms. The number of hydrogen-bond donors (Lipinski definition) is 2. The van der Waals surface area contributed by atoms with Crippen molar-refractivity contribution in [3.63, 3.8) is 0 Å². The minimum atomic E-state index is -0.591. The van der Waals surface area contributed by atoms with Gasteiger partial charge in [0.1, 0.15) is 17.7 Å². The summed E-state index contributed by atoms with van der Waals surface area (Å²) >= 11 is 1.62. The fourth-order valence-corrected chi connectivity index (χ4v) is 3.66. The first-order valence-electron chi connectivity index (χ1n) is 8.64. The number of thiophene rings is 1. The number of methoxy groups -OCH3 is 1. The fraction of sp³-hybridized carbons (Fsp3) is 0.400. The number of nitrogens with one attached hydrogen (secondary N) is 1. The van der Waals surface area contributed by atoms with Crippen LogP contribution in [0.1, 0.15) is 43.3 Å². The fourth-order valence-electron chi connectivity index (χ4n) is 2.61. The Labute approximate surface area is 158 Å². The van der Waals surface area contributed by atoms with Crippen molar-refractivity contribution in [2.24, 2.45) is 0 Å². The maximum absolute atomic E-state index is 10.6. The lowest BCUT2D eigenvalue weighted by Gasteiger charge is -2.19. The van der Waals surface area contributed by atoms with E-state index < -0.39 is 6.10 Å². The Morgan fingerprint density at radius 1 is 1.19 bits per heavy atom. The van der Waals surface area contributed by atoms with Crippen LogP contribution in [0.3, 0.4) is 0 Å². The molecule has 0 saturated carbocycles. The molecule has 3 aromatic rings. The molecule has 2 aromatic heterocycles. The summed E-state index contributed by atoms with van der Waals surface area (Å²) in [6.07, 6.45) is -0.591. The van der Waals surface area contributed by atoms with Crippen LogP contribution in [0, 0.1) is 0 Å². The zero-order chi connectivity index (χ0) is 18.7. The smallest absolute Gasteiger partial charge is 0.136 e. The van der Waals surface area contributed by atoms with E-state index in [0.717, 1.165) is 21.8 Å². The van der Waals surface area contributed by atoms with Crippen molar-refractivity contribution >= 4 is 27.2 Å². The quantitative estimate of drug-likeness (QED) is 0.677. The van der Waals surface area contributed by atoms with Gasteiger partial charge in [0.15, 0.2) is 0 Å². The topological polar surface area (TPSA) is 67.3 Å². The molecule has 6 heteroatoms. The van der Waals surface area contributed by atoms with Crippen molar-refractivity contribution < 1.29 is 9.84 Å². The highest BCUT2D eigenvalue weighted by Crippen LogP contribution is 2.30. The zero-order valence-corrected chi connectivity index (χ0v) is 16.4. The predicted molar refractivity (Wildman–Crippen MR) is 107 cm³/mol. The standard InChI is InChI=1S/C20H25N3O2S/c1-20(2,3)19-22-14(12-25-4)10-18(23-19)21-11-15(24)17-9-13-7-5-6-8-16(13)26-17/h5-10,15,24H,11-12H2,1-4H3,(H,21,22,23). The number of benzene rings is 1. The first-order valence-corrected chi connectivity index (χ1v) is 9.46. The van der Waals surface area contributed by atoms with Gasteiger partial charge in [-0.15, -0.1) is 11.3 Å². The maximum Gasteiger partial charge on any atom is 0.136 e. The molecule has 5 nitrogen and oxygen atoms in total. The van der Waals surface area contributed by atoms with Crippen LogP contribution in [0.2, 0.25) is 0 Å². The van der Waals surface area contributed by atoms with E-state index in [-0.39, 0.29) is 5.41 Å². The number of rotatable bonds is 6. The summed E-state index contributed by atoms with van der Waals surface area (Å²) in [6, 6.07) is 12.1. The molecule has 0 radical (unpaired) electrons. The van der Waals surface area contributed by atoms with E-state index in [2.05, 4.69) is 48.2 Å². The number of nitrogens with zero attached hydrogens (tertiary/aromatic N) is 2. The van der Waals surface area contributed by atoms with Gasteiger partial charge in [0.2, 0.25) is 0 Å². The molecule has 138 valence electrons. The maximum atomic E-state index is 10.6. The number of ether oxygens (including phenoxy) is 1. The molecule has 1 unspecified atom stereocenters. The van der Waals surface area contributed by atoms with Gasteiger partial charge in [-0.3, -0.25) is 0 Å². The number of aliphatic hydroxyl groups excluding tert-OH is 1. The van der Waals surface area contributed by atoms with Crippen molar-refractivity contribution in [3.8, 4) is 0 Å². The third-order valence-electron chi connectivity index (χ3n) is 3.99. The molecule has 0 aliphatic heterocycles. The van der Waals surface area contributed by atoms with Gasteiger partial charge in [-0.2, -0.15) is 0 Å². The van der Waals surface area contributed by atoms with Gasteiger partial charge in [0.05, 0.1) is 12.3 Å². The average Bonchev–Trinajstić information content (AvgIpc) is 3.03. The molecule has 1 aromatic carbocycles. The first-order chi connectivity index (χ1) is 12.4. The molecule has 26 heavy (non-hydrogen) atoms. The number of anilines is 1. The summed E-state index contributed by atoms with van der Waals surface area (Å²) < 4.78 is 6.39. The summed E-state index contributed by atoms with van der Waals surface area (Å²) in [6.45, 7) is 7.05. The number of aliphatic hydroxyl groups is 1. The number of fused-ring (bicyclic) bond motifs is 1. The Kier molecular flexibility index (Phi) is 5.55. The van der Waals surface area contributed by atoms with Crippen molar-refractivity contribution in [2.45, 2.75) is 38.9 Å². The van der Waals surface area contributed by atoms with E-state index in [1.54, 1.807) is 18.4 Å². The van der Waals surface area contributed by atoms with Crippen LogP contribution >= 0.6 is 11.3 Å². The van der Waals surface area contributed by atoms with Gasteiger partial charge in [-0.1, -0.05) is 39.0 Å². The van der Waals surface area contributed by atoms with Crippen molar-refractivity contribution in [3.05, 3.63) is 52.8 Å². The van der Waals surface area contributed by atoms with Gasteiger partial charge in [0, 0.05) is 34.7 Å². The molecule has 0 fully saturated rings. The average molecular weight is 372 g/mol. The molecule has 0 aliphatic rings. The van der Waals surface area contributed by atoms with Crippen LogP contribution in [0.4, 0.5) is 5.82 Å². The molecule has 0 aliphatic carbocycles. The molecule has 0 saturated heterocycles. The molecule has 2 heterocycles. The second-order valence-electron chi connectivity index (χ2n) is 7.33. The zero-order valence-electron chi connectivity index (χ0n) is 15.6. The Hall–Kier alpha value is -2.02. The van der Waals surface area contributed by atoms with E-state index in [1.807, 2.05) is 24.3 Å². The molecule has 0 amide bonds. The van der Waals surface area contributed by atoms with E-state index >= 15 is 0 Å². The van der Waals surface area contributed by atoms with Gasteiger partial charge in [-0.05, 0) is 17.5 Å². The van der Waals surface area contributed by atoms with Gasteiger partial charge >= 0.3 is 0 Å². The van der Waals surface area contributed by atoms with Crippen LogP contribution in [-0.4, -0.2) is 28.7 Å². The van der Waals surface area contributed by atoms with Crippen LogP contribution in [0.15, 0.2) is 36.4 Å². The molecule has 1 atom stereocenters. The third kappa shape index (κ3) is 4.38. The molecular formula is C20H25N3O2S. The van der Waals surface area contributed by atoms with E-state index in [9.17, 15) is 5.11 Å². The lowest BCUT2D eigenvalue weighted by atomic mass is 9.95. The van der Waals surface area contributed by atoms with Gasteiger partial charge in [-0.25, -0.2) is 9.97 Å². The minimum absolute atomic E-state index is 0.162. The van der Waals surface area contributed by atoms with Crippen molar-refractivity contribution in [2.75, 3.05) is 19.0 Å². The lowest BCUT2D eigenvalue weighted by Crippen LogP contribution is -2.20. The second-order valence-corrected chi connectivity index (χ2v) is 8.45. The molecular weight excluding hydrogens is 346 g/mol. The first kappa shape index (κ1) is 18.8. The van der Waals surface area contributed by atoms with Gasteiger partial charge in [0.25, 0.3) is 0 Å². The summed E-state index contributed by atoms with van der Waals surface area (Å²) in [4.78, 5) is 10.1. The SMILES string of the molecule is COCc1cc(NCC(O)c2cc3ccccc3s2)nc(C(C)(C)C)n1. The highest BCUT2D eigenvalue weighted by molar-refractivity contribution is 7.19. The van der Waals surface area contributed by atoms with Gasteiger partial charge < -0.3 is 15.2 Å². The summed E-state index contributed by atoms with van der Waals surface area (Å²) in [7, 11) is 1.65. The lowest BCUT2D eigenvalue weighted by molar-refractivity contribution is 0.181. The predicted octanol–water partition coefficient (Wildman–Crippen LogP) is 4.28. The Bertz CT molecular complexity index is 853. The Morgan fingerprint density at radius 3 is 2.65 bits per heavy atom. The van der Waals surface area contributed by atoms with E-state index in [4.69, 9.17) is 4.74 Å². The van der Waals surface area contributed by atoms with E-state index in [0.29, 0.717) is 19.0 Å². The highest BCUT2D eigenvalue weighted by Gasteiger charge is 2.19. The van der Waals surface area contributed by atoms with Crippen LogP contribution in [-0.2, 0) is 16.8 Å². The largest absolute Gasteiger partial charge is 0.386 e. The Balaban J connectivity index is 1.76. The summed E-state index contributed by atoms with van der Waals surface area (Å²) in [5, 5.41) is 15.0. The van der Waals surface area contributed by atoms with Crippen LogP contribution < -0.4 is 5.32 Å². The monoisotopic (exact) mass is 371 g/mol. The van der Waals surface area contributed by atoms with Crippen LogP contribution in [0.5, 0.6) is 0 Å². The summed E-state index contributed by atoms with van der Waals surface area (Å²) in [5.41, 5.74) is 0.663. The van der Waals surface area contributed by atoms with Crippen molar-refractivity contribution in [1.29, 1.82) is 0 Å². The Morgan fingerprint density at radius 2 is 1.96 bits per heavy atom. The van der Waals surface area contributed by atoms with E-state index in [1.165, 1.54) is 4.70 Å². The number of aromatic nitrogens is 2. The normalized spacial score (nSPS) is 13.1. The molecule has 3 rings (SSSR count). The molecule has 2 N–H and O–H groups in total. The summed E-state index contributed by atoms with van der Waals surface area (Å²) in [5.74, 6) is 1.46. The number of hydrogen-bond acceptors (Lipinski definition) is 6. The highest BCUT2D eigenvalue weighted by atomic mass is 32.1. The van der Waals surface area contributed by atoms with Crippen molar-refractivity contribution in [1.82, 2.24) is 9.97 Å². The minimum Gasteiger partial charge on any atom is -0.386 e. The molecule has 0 bridgehead atoms. The third-order valence-corrected chi connectivity index (χ3v) is 5.21. The van der Waals surface area contributed by atoms with Crippen LogP contribution in [0.25, 0.3) is 10.1 Å².